The molecule has 0 unspecified atom stereocenters. The van der Waals surface area contributed by atoms with Crippen LogP contribution in [0.15, 0.2) is 48.5 Å². The Kier molecular flexibility index (Phi) is 5.36. The number of rotatable bonds is 5. The van der Waals surface area contributed by atoms with Gasteiger partial charge in [-0.3, -0.25) is 0 Å². The zero-order chi connectivity index (χ0) is 15.9. The normalized spacial score (nSPS) is 10.1. The molecule has 22 heavy (non-hydrogen) atoms. The second-order valence-corrected chi connectivity index (χ2v) is 5.20. The summed E-state index contributed by atoms with van der Waals surface area (Å²) in [5, 5.41) is 5.55. The number of urea groups is 1. The standard InChI is InChI=1S/C17H20FN3O/c1-21(2)16-9-7-15(8-10-16)20-17(22)19-12-11-13-3-5-14(18)6-4-13/h3-10H,11-12H2,1-2H3,(H2,19,20,22). The number of nitrogens with zero attached hydrogens (tertiary/aromatic N) is 1. The van der Waals surface area contributed by atoms with Crippen molar-refractivity contribution in [3.8, 4) is 0 Å². The molecule has 0 saturated heterocycles. The lowest BCUT2D eigenvalue weighted by atomic mass is 10.1. The van der Waals surface area contributed by atoms with Gasteiger partial charge in [-0.1, -0.05) is 12.1 Å². The maximum atomic E-state index is 12.8. The number of benzene rings is 2. The molecule has 2 aromatic carbocycles. The summed E-state index contributed by atoms with van der Waals surface area (Å²) < 4.78 is 12.8. The van der Waals surface area contributed by atoms with E-state index < -0.39 is 0 Å². The molecule has 2 amide bonds. The van der Waals surface area contributed by atoms with Crippen molar-refractivity contribution in [2.75, 3.05) is 30.9 Å². The number of hydrogen-bond donors (Lipinski definition) is 2. The average Bonchev–Trinajstić information content (AvgIpc) is 2.50. The lowest BCUT2D eigenvalue weighted by Crippen LogP contribution is -2.30. The molecule has 0 fully saturated rings. The summed E-state index contributed by atoms with van der Waals surface area (Å²) >= 11 is 0. The Morgan fingerprint density at radius 3 is 2.27 bits per heavy atom. The summed E-state index contributed by atoms with van der Waals surface area (Å²) in [4.78, 5) is 13.8. The van der Waals surface area contributed by atoms with Crippen LogP contribution in [-0.2, 0) is 6.42 Å². The van der Waals surface area contributed by atoms with Crippen molar-refractivity contribution in [2.24, 2.45) is 0 Å². The van der Waals surface area contributed by atoms with Crippen molar-refractivity contribution >= 4 is 17.4 Å². The highest BCUT2D eigenvalue weighted by Gasteiger charge is 2.02. The van der Waals surface area contributed by atoms with Crippen molar-refractivity contribution in [3.63, 3.8) is 0 Å². The maximum absolute atomic E-state index is 12.8. The summed E-state index contributed by atoms with van der Waals surface area (Å²) in [7, 11) is 3.93. The molecule has 0 atom stereocenters. The van der Waals surface area contributed by atoms with Crippen molar-refractivity contribution in [3.05, 3.63) is 59.9 Å². The smallest absolute Gasteiger partial charge is 0.319 e. The summed E-state index contributed by atoms with van der Waals surface area (Å²) in [6.07, 6.45) is 0.660. The minimum absolute atomic E-state index is 0.250. The van der Waals surface area contributed by atoms with Crippen LogP contribution in [-0.4, -0.2) is 26.7 Å². The Bertz CT molecular complexity index is 609. The number of halogens is 1. The van der Waals surface area contributed by atoms with Gasteiger partial charge in [-0.2, -0.15) is 0 Å². The van der Waals surface area contributed by atoms with Gasteiger partial charge in [0.1, 0.15) is 5.82 Å². The predicted molar refractivity (Wildman–Crippen MR) is 87.9 cm³/mol. The number of carbonyl (C=O) groups excluding carboxylic acids is 1. The third-order valence-corrected chi connectivity index (χ3v) is 3.25. The molecule has 2 aromatic rings. The van der Waals surface area contributed by atoms with E-state index in [1.54, 1.807) is 12.1 Å². The number of anilines is 2. The van der Waals surface area contributed by atoms with Gasteiger partial charge in [0.2, 0.25) is 0 Å². The molecular weight excluding hydrogens is 281 g/mol. The van der Waals surface area contributed by atoms with Gasteiger partial charge in [-0.25, -0.2) is 9.18 Å². The van der Waals surface area contributed by atoms with E-state index in [-0.39, 0.29) is 11.8 Å². The number of nitrogens with one attached hydrogen (secondary N) is 2. The highest BCUT2D eigenvalue weighted by Crippen LogP contribution is 2.15. The Morgan fingerprint density at radius 1 is 1.05 bits per heavy atom. The minimum atomic E-state index is -0.254. The van der Waals surface area contributed by atoms with Gasteiger partial charge in [0.05, 0.1) is 0 Å². The molecule has 5 heteroatoms. The Morgan fingerprint density at radius 2 is 1.68 bits per heavy atom. The molecule has 0 aromatic heterocycles. The molecule has 0 aliphatic heterocycles. The van der Waals surface area contributed by atoms with Crippen molar-refractivity contribution in [1.29, 1.82) is 0 Å². The van der Waals surface area contributed by atoms with E-state index in [1.807, 2.05) is 43.3 Å². The Balaban J connectivity index is 1.76. The lowest BCUT2D eigenvalue weighted by Gasteiger charge is -2.13. The summed E-state index contributed by atoms with van der Waals surface area (Å²) in [6.45, 7) is 0.493. The monoisotopic (exact) mass is 301 g/mol. The molecule has 0 radical (unpaired) electrons. The number of amides is 2. The van der Waals surface area contributed by atoms with Crippen molar-refractivity contribution < 1.29 is 9.18 Å². The first kappa shape index (κ1) is 15.8. The number of hydrogen-bond acceptors (Lipinski definition) is 2. The zero-order valence-corrected chi connectivity index (χ0v) is 12.8. The zero-order valence-electron chi connectivity index (χ0n) is 12.8. The average molecular weight is 301 g/mol. The summed E-state index contributed by atoms with van der Waals surface area (Å²) in [6, 6.07) is 13.6. The second kappa shape index (κ2) is 7.45. The van der Waals surface area contributed by atoms with Crippen LogP contribution in [0.4, 0.5) is 20.6 Å². The van der Waals surface area contributed by atoms with Crippen LogP contribution in [0.5, 0.6) is 0 Å². The maximum Gasteiger partial charge on any atom is 0.319 e. The molecule has 2 N–H and O–H groups in total. The van der Waals surface area contributed by atoms with Crippen LogP contribution in [0.1, 0.15) is 5.56 Å². The third-order valence-electron chi connectivity index (χ3n) is 3.25. The molecule has 116 valence electrons. The van der Waals surface area contributed by atoms with Crippen LogP contribution in [0.3, 0.4) is 0 Å². The summed E-state index contributed by atoms with van der Waals surface area (Å²) in [5.41, 5.74) is 2.80. The fourth-order valence-corrected chi connectivity index (χ4v) is 1.99. The summed E-state index contributed by atoms with van der Waals surface area (Å²) in [5.74, 6) is -0.254. The first-order valence-electron chi connectivity index (χ1n) is 7.11. The van der Waals surface area contributed by atoms with Crippen molar-refractivity contribution in [1.82, 2.24) is 5.32 Å². The molecule has 0 heterocycles. The van der Waals surface area contributed by atoms with Crippen LogP contribution in [0.2, 0.25) is 0 Å². The first-order valence-corrected chi connectivity index (χ1v) is 7.11. The fraction of sp³-hybridized carbons (Fsp3) is 0.235. The van der Waals surface area contributed by atoms with Gasteiger partial charge in [0.15, 0.2) is 0 Å². The van der Waals surface area contributed by atoms with Gasteiger partial charge in [-0.15, -0.1) is 0 Å². The minimum Gasteiger partial charge on any atom is -0.378 e. The largest absolute Gasteiger partial charge is 0.378 e. The molecule has 0 aliphatic rings. The molecule has 0 spiro atoms. The van der Waals surface area contributed by atoms with Crippen molar-refractivity contribution in [2.45, 2.75) is 6.42 Å². The lowest BCUT2D eigenvalue weighted by molar-refractivity contribution is 0.252. The van der Waals surface area contributed by atoms with Gasteiger partial charge in [0.25, 0.3) is 0 Å². The van der Waals surface area contributed by atoms with Crippen LogP contribution >= 0.6 is 0 Å². The van der Waals surface area contributed by atoms with E-state index in [2.05, 4.69) is 10.6 Å². The van der Waals surface area contributed by atoms with E-state index in [0.29, 0.717) is 13.0 Å². The Labute approximate surface area is 129 Å². The van der Waals surface area contributed by atoms with Gasteiger partial charge in [-0.05, 0) is 48.4 Å². The molecule has 4 nitrogen and oxygen atoms in total. The van der Waals surface area contributed by atoms with E-state index in [9.17, 15) is 9.18 Å². The van der Waals surface area contributed by atoms with Crippen LogP contribution in [0.25, 0.3) is 0 Å². The molecule has 0 aliphatic carbocycles. The van der Waals surface area contributed by atoms with Crippen LogP contribution in [0, 0.1) is 5.82 Å². The SMILES string of the molecule is CN(C)c1ccc(NC(=O)NCCc2ccc(F)cc2)cc1. The van der Waals surface area contributed by atoms with Gasteiger partial charge >= 0.3 is 6.03 Å². The topological polar surface area (TPSA) is 44.4 Å². The highest BCUT2D eigenvalue weighted by molar-refractivity contribution is 5.89. The van der Waals surface area contributed by atoms with E-state index >= 15 is 0 Å². The second-order valence-electron chi connectivity index (χ2n) is 5.20. The first-order chi connectivity index (χ1) is 10.5. The third kappa shape index (κ3) is 4.77. The molecule has 2 rings (SSSR count). The fourth-order valence-electron chi connectivity index (χ4n) is 1.99. The van der Waals surface area contributed by atoms with Gasteiger partial charge in [0, 0.05) is 32.0 Å². The van der Waals surface area contributed by atoms with Gasteiger partial charge < -0.3 is 15.5 Å². The molecule has 0 saturated carbocycles. The molecule has 0 bridgehead atoms. The Hall–Kier alpha value is -2.56. The highest BCUT2D eigenvalue weighted by atomic mass is 19.1. The number of carbonyl (C=O) groups is 1. The van der Waals surface area contributed by atoms with E-state index in [1.165, 1.54) is 12.1 Å². The van der Waals surface area contributed by atoms with E-state index in [0.717, 1.165) is 16.9 Å². The molecular formula is C17H20FN3O. The van der Waals surface area contributed by atoms with Crippen LogP contribution < -0.4 is 15.5 Å². The quantitative estimate of drug-likeness (QED) is 0.890. The van der Waals surface area contributed by atoms with E-state index in [4.69, 9.17) is 0 Å². The predicted octanol–water partition coefficient (Wildman–Crippen LogP) is 3.26.